The number of nitrogens with zero attached hydrogens (tertiary/aromatic N) is 2. The number of ether oxygens (including phenoxy) is 1. The van der Waals surface area contributed by atoms with Crippen LogP contribution in [-0.2, 0) is 11.2 Å². The number of benzene rings is 1. The van der Waals surface area contributed by atoms with Gasteiger partial charge in [-0.05, 0) is 42.3 Å². The highest BCUT2D eigenvalue weighted by Gasteiger charge is 2.18. The molecule has 0 aliphatic carbocycles. The van der Waals surface area contributed by atoms with Gasteiger partial charge < -0.3 is 20.3 Å². The molecule has 0 atom stereocenters. The van der Waals surface area contributed by atoms with Crippen LogP contribution in [0.5, 0.6) is 0 Å². The van der Waals surface area contributed by atoms with Gasteiger partial charge in [0.1, 0.15) is 0 Å². The van der Waals surface area contributed by atoms with E-state index >= 15 is 0 Å². The maximum absolute atomic E-state index is 12.4. The maximum Gasteiger partial charge on any atom is 0.319 e. The number of morpholine rings is 1. The van der Waals surface area contributed by atoms with Gasteiger partial charge in [0.05, 0.1) is 13.2 Å². The minimum Gasteiger partial charge on any atom is -0.378 e. The van der Waals surface area contributed by atoms with E-state index in [1.165, 1.54) is 0 Å². The molecule has 1 aromatic carbocycles. The Hall–Kier alpha value is -2.93. The first-order valence-corrected chi connectivity index (χ1v) is 8.63. The molecule has 0 radical (unpaired) electrons. The van der Waals surface area contributed by atoms with E-state index in [1.807, 2.05) is 12.1 Å². The van der Waals surface area contributed by atoms with E-state index in [0.29, 0.717) is 50.5 Å². The molecule has 2 N–H and O–H groups in total. The van der Waals surface area contributed by atoms with Crippen LogP contribution in [0.4, 0.5) is 10.5 Å². The molecule has 7 nitrogen and oxygen atoms in total. The van der Waals surface area contributed by atoms with Gasteiger partial charge in [-0.25, -0.2) is 4.79 Å². The Balaban J connectivity index is 1.46. The topological polar surface area (TPSA) is 83.6 Å². The number of carbonyl (C=O) groups excluding carboxylic acids is 2. The monoisotopic (exact) mass is 354 g/mol. The van der Waals surface area contributed by atoms with Crippen LogP contribution in [0.2, 0.25) is 0 Å². The Labute approximate surface area is 152 Å². The first-order valence-electron chi connectivity index (χ1n) is 8.63. The third-order valence-corrected chi connectivity index (χ3v) is 4.11. The second-order valence-electron chi connectivity index (χ2n) is 5.97. The van der Waals surface area contributed by atoms with Crippen LogP contribution in [0, 0.1) is 0 Å². The molecule has 0 unspecified atom stereocenters. The Morgan fingerprint density at radius 3 is 2.58 bits per heavy atom. The van der Waals surface area contributed by atoms with Crippen LogP contribution in [0.3, 0.4) is 0 Å². The fraction of sp³-hybridized carbons (Fsp3) is 0.316. The summed E-state index contributed by atoms with van der Waals surface area (Å²) in [5.41, 5.74) is 2.32. The Morgan fingerprint density at radius 2 is 1.88 bits per heavy atom. The molecule has 2 aromatic rings. The average molecular weight is 354 g/mol. The fourth-order valence-corrected chi connectivity index (χ4v) is 2.69. The van der Waals surface area contributed by atoms with Gasteiger partial charge in [0, 0.05) is 43.3 Å². The normalized spacial score (nSPS) is 13.9. The van der Waals surface area contributed by atoms with Gasteiger partial charge in [-0.3, -0.25) is 9.78 Å². The fourth-order valence-electron chi connectivity index (χ4n) is 2.69. The van der Waals surface area contributed by atoms with Crippen molar-refractivity contribution in [2.24, 2.45) is 0 Å². The van der Waals surface area contributed by atoms with Gasteiger partial charge in [-0.1, -0.05) is 6.07 Å². The molecule has 1 saturated heterocycles. The molecule has 0 spiro atoms. The number of aromatic nitrogens is 1. The predicted octanol–water partition coefficient (Wildman–Crippen LogP) is 1.92. The van der Waals surface area contributed by atoms with Crippen LogP contribution >= 0.6 is 0 Å². The van der Waals surface area contributed by atoms with Crippen LogP contribution in [0.1, 0.15) is 15.9 Å². The molecule has 1 fully saturated rings. The van der Waals surface area contributed by atoms with E-state index < -0.39 is 0 Å². The highest BCUT2D eigenvalue weighted by atomic mass is 16.5. The molecule has 1 aliphatic rings. The summed E-state index contributed by atoms with van der Waals surface area (Å²) in [7, 11) is 0. The van der Waals surface area contributed by atoms with E-state index in [9.17, 15) is 9.59 Å². The molecule has 136 valence electrons. The van der Waals surface area contributed by atoms with Crippen LogP contribution in [-0.4, -0.2) is 54.7 Å². The number of urea groups is 1. The van der Waals surface area contributed by atoms with Gasteiger partial charge in [0.25, 0.3) is 5.91 Å². The van der Waals surface area contributed by atoms with Crippen LogP contribution < -0.4 is 10.6 Å². The van der Waals surface area contributed by atoms with Gasteiger partial charge in [0.15, 0.2) is 0 Å². The van der Waals surface area contributed by atoms with Crippen LogP contribution in [0.15, 0.2) is 48.8 Å². The van der Waals surface area contributed by atoms with E-state index in [1.54, 1.807) is 41.6 Å². The molecule has 0 bridgehead atoms. The maximum atomic E-state index is 12.4. The Bertz CT molecular complexity index is 728. The number of anilines is 1. The highest BCUT2D eigenvalue weighted by Crippen LogP contribution is 2.12. The zero-order valence-corrected chi connectivity index (χ0v) is 14.5. The summed E-state index contributed by atoms with van der Waals surface area (Å²) >= 11 is 0. The lowest BCUT2D eigenvalue weighted by Gasteiger charge is -2.26. The largest absolute Gasteiger partial charge is 0.378 e. The number of nitrogens with one attached hydrogen (secondary N) is 2. The van der Waals surface area contributed by atoms with Gasteiger partial charge in [0.2, 0.25) is 0 Å². The van der Waals surface area contributed by atoms with Crippen molar-refractivity contribution in [3.05, 3.63) is 59.9 Å². The van der Waals surface area contributed by atoms with E-state index in [4.69, 9.17) is 4.74 Å². The number of hydrogen-bond donors (Lipinski definition) is 2. The smallest absolute Gasteiger partial charge is 0.319 e. The third kappa shape index (κ3) is 5.03. The first-order chi connectivity index (χ1) is 12.7. The van der Waals surface area contributed by atoms with E-state index in [-0.39, 0.29) is 11.9 Å². The molecule has 0 saturated carbocycles. The highest BCUT2D eigenvalue weighted by molar-refractivity contribution is 5.95. The summed E-state index contributed by atoms with van der Waals surface area (Å²) in [6.07, 6.45) is 4.22. The number of pyridine rings is 1. The molecule has 26 heavy (non-hydrogen) atoms. The molecule has 2 heterocycles. The average Bonchev–Trinajstić information content (AvgIpc) is 2.69. The summed E-state index contributed by atoms with van der Waals surface area (Å²) in [5.74, 6) is -0.0132. The third-order valence-electron chi connectivity index (χ3n) is 4.11. The van der Waals surface area contributed by atoms with Crippen molar-refractivity contribution in [2.45, 2.75) is 6.42 Å². The first kappa shape index (κ1) is 17.9. The summed E-state index contributed by atoms with van der Waals surface area (Å²) in [6.45, 7) is 2.89. The van der Waals surface area contributed by atoms with Crippen molar-refractivity contribution in [3.8, 4) is 0 Å². The molecule has 7 heteroatoms. The summed E-state index contributed by atoms with van der Waals surface area (Å²) in [5, 5.41) is 5.57. The summed E-state index contributed by atoms with van der Waals surface area (Å²) < 4.78 is 5.26. The van der Waals surface area contributed by atoms with Crippen molar-refractivity contribution in [2.75, 3.05) is 38.2 Å². The number of amides is 3. The molecule has 1 aromatic heterocycles. The second-order valence-corrected chi connectivity index (χ2v) is 5.97. The van der Waals surface area contributed by atoms with Gasteiger partial charge in [-0.2, -0.15) is 0 Å². The summed E-state index contributed by atoms with van der Waals surface area (Å²) in [6, 6.07) is 10.5. The predicted molar refractivity (Wildman–Crippen MR) is 98.1 cm³/mol. The van der Waals surface area contributed by atoms with Crippen LogP contribution in [0.25, 0.3) is 0 Å². The van der Waals surface area contributed by atoms with E-state index in [0.717, 1.165) is 5.56 Å². The lowest BCUT2D eigenvalue weighted by atomic mass is 10.1. The molecular formula is C19H22N4O3. The summed E-state index contributed by atoms with van der Waals surface area (Å²) in [4.78, 5) is 30.1. The van der Waals surface area contributed by atoms with Gasteiger partial charge in [-0.15, -0.1) is 0 Å². The van der Waals surface area contributed by atoms with Gasteiger partial charge >= 0.3 is 6.03 Å². The zero-order valence-electron chi connectivity index (χ0n) is 14.5. The van der Waals surface area contributed by atoms with Crippen molar-refractivity contribution < 1.29 is 14.3 Å². The van der Waals surface area contributed by atoms with Crippen molar-refractivity contribution in [3.63, 3.8) is 0 Å². The number of carbonyl (C=O) groups is 2. The molecule has 3 amide bonds. The lowest BCUT2D eigenvalue weighted by molar-refractivity contribution is 0.0303. The molecular weight excluding hydrogens is 332 g/mol. The SMILES string of the molecule is O=C(NCCc1cccnc1)Nc1ccc(C(=O)N2CCOCC2)cc1. The molecule has 3 rings (SSSR count). The van der Waals surface area contributed by atoms with Crippen molar-refractivity contribution >= 4 is 17.6 Å². The Morgan fingerprint density at radius 1 is 1.12 bits per heavy atom. The minimum atomic E-state index is -0.277. The number of rotatable bonds is 5. The lowest BCUT2D eigenvalue weighted by Crippen LogP contribution is -2.40. The second kappa shape index (κ2) is 8.96. The molecule has 1 aliphatic heterocycles. The van der Waals surface area contributed by atoms with E-state index in [2.05, 4.69) is 15.6 Å². The minimum absolute atomic E-state index is 0.0132. The van der Waals surface area contributed by atoms with Crippen molar-refractivity contribution in [1.29, 1.82) is 0 Å². The standard InChI is InChI=1S/C19H22N4O3/c24-18(23-10-12-26-13-11-23)16-3-5-17(6-4-16)22-19(25)21-9-7-15-2-1-8-20-14-15/h1-6,8,14H,7,9-13H2,(H2,21,22,25). The Kier molecular flexibility index (Phi) is 6.16. The number of hydrogen-bond acceptors (Lipinski definition) is 4. The quantitative estimate of drug-likeness (QED) is 0.859. The zero-order chi connectivity index (χ0) is 18.2. The van der Waals surface area contributed by atoms with Crippen molar-refractivity contribution in [1.82, 2.24) is 15.2 Å².